The number of carbonyl (C=O) groups is 1. The Bertz CT molecular complexity index is 2070. The van der Waals surface area contributed by atoms with Crippen LogP contribution in [0.15, 0.2) is 113 Å². The number of rotatable bonds is 9. The summed E-state index contributed by atoms with van der Waals surface area (Å²) < 4.78 is 6.43. The minimum Gasteiger partial charge on any atom is -0.512 e. The number of allylic oxidation sites excluding steroid dienone is 2. The summed E-state index contributed by atoms with van der Waals surface area (Å²) in [7, 11) is 0. The molecule has 49 heavy (non-hydrogen) atoms. The first kappa shape index (κ1) is 36.0. The van der Waals surface area contributed by atoms with E-state index >= 15 is 0 Å². The van der Waals surface area contributed by atoms with Gasteiger partial charge in [0, 0.05) is 66.4 Å². The zero-order chi connectivity index (χ0) is 33.6. The van der Waals surface area contributed by atoms with Crippen molar-refractivity contribution in [1.29, 1.82) is 0 Å². The second kappa shape index (κ2) is 16.4. The van der Waals surface area contributed by atoms with Crippen LogP contribution in [-0.2, 0) is 37.7 Å². The van der Waals surface area contributed by atoms with Crippen molar-refractivity contribution in [3.63, 3.8) is 0 Å². The summed E-state index contributed by atoms with van der Waals surface area (Å²) in [6.45, 7) is 8.07. The molecule has 1 aliphatic rings. The molecule has 0 unspecified atom stereocenters. The molecule has 4 aromatic carbocycles. The van der Waals surface area contributed by atoms with Crippen molar-refractivity contribution in [3.05, 3.63) is 126 Å². The first-order valence-corrected chi connectivity index (χ1v) is 17.4. The Hall–Kier alpha value is -4.31. The zero-order valence-corrected chi connectivity index (χ0v) is 31.2. The van der Waals surface area contributed by atoms with Crippen LogP contribution in [0.25, 0.3) is 55.4 Å². The summed E-state index contributed by atoms with van der Waals surface area (Å²) in [6.07, 6.45) is 8.73. The maximum atomic E-state index is 11.7. The van der Waals surface area contributed by atoms with Crippen molar-refractivity contribution in [2.75, 3.05) is 0 Å². The maximum absolute atomic E-state index is 11.7. The fourth-order valence-electron chi connectivity index (χ4n) is 6.98. The van der Waals surface area contributed by atoms with E-state index in [-0.39, 0.29) is 43.5 Å². The summed E-state index contributed by atoms with van der Waals surface area (Å²) in [6, 6.07) is 35.4. The van der Waals surface area contributed by atoms with Gasteiger partial charge >= 0.3 is 0 Å². The average Bonchev–Trinajstić information content (AvgIpc) is 3.52. The third-order valence-electron chi connectivity index (χ3n) is 9.80. The molecule has 0 saturated carbocycles. The number of nitrogens with zero attached hydrogens (tertiary/aromatic N) is 1. The van der Waals surface area contributed by atoms with Crippen LogP contribution in [0.1, 0.15) is 64.5 Å². The summed E-state index contributed by atoms with van der Waals surface area (Å²) in [5.41, 5.74) is 9.04. The van der Waals surface area contributed by atoms with Crippen molar-refractivity contribution in [2.24, 2.45) is 11.8 Å². The van der Waals surface area contributed by atoms with Gasteiger partial charge in [-0.25, -0.2) is 0 Å². The third kappa shape index (κ3) is 7.49. The SMILES string of the molecule is CCC(CC)C(=O)/C=C(\O)C(CC)CC.[Ir].[c-]1c(-c2nccc3oc4c(c23)CCc2ccccc2-4)cc(-c2ccccc2)c2ccccc12. The number of furan rings is 1. The second-order valence-corrected chi connectivity index (χ2v) is 12.6. The van der Waals surface area contributed by atoms with Gasteiger partial charge in [-0.2, -0.15) is 0 Å². The summed E-state index contributed by atoms with van der Waals surface area (Å²) >= 11 is 0. The number of ketones is 1. The molecule has 1 N–H and O–H groups in total. The van der Waals surface area contributed by atoms with Crippen LogP contribution < -0.4 is 0 Å². The van der Waals surface area contributed by atoms with Gasteiger partial charge in [0.2, 0.25) is 0 Å². The molecule has 0 atom stereocenters. The molecule has 0 amide bonds. The van der Waals surface area contributed by atoms with Crippen molar-refractivity contribution < 1.29 is 34.4 Å². The molecular weight excluding hydrogens is 783 g/mol. The fraction of sp³-hybridized carbons (Fsp3) is 0.273. The number of aromatic nitrogens is 1. The molecule has 2 heterocycles. The Morgan fingerprint density at radius 3 is 2.24 bits per heavy atom. The van der Waals surface area contributed by atoms with Crippen LogP contribution >= 0.6 is 0 Å². The standard InChI is InChI=1S/C31H20NO.C13H24O2.Ir/c1-2-8-20(9-3-1)27-19-23(18-22-11-5-6-12-24(22)27)30-29-26-15-14-21-10-4-7-13-25(21)31(26)33-28(29)16-17-32-30;1-5-10(6-2)12(14)9-13(15)11(7-3)8-4;/h1-13,16-17,19H,14-15H2;9-11,14H,5-8H2,1-4H3;/q-1;;/b;12-9-;. The number of fused-ring (bicyclic) bond motifs is 6. The number of hydrogen-bond acceptors (Lipinski definition) is 4. The predicted molar refractivity (Wildman–Crippen MR) is 198 cm³/mol. The molecule has 0 bridgehead atoms. The van der Waals surface area contributed by atoms with E-state index in [1.54, 1.807) is 0 Å². The van der Waals surface area contributed by atoms with E-state index in [1.165, 1.54) is 39.3 Å². The molecule has 253 valence electrons. The molecular formula is C44H44IrNO3-. The summed E-state index contributed by atoms with van der Waals surface area (Å²) in [5, 5.41) is 13.2. The van der Waals surface area contributed by atoms with Crippen LogP contribution in [0.3, 0.4) is 0 Å². The van der Waals surface area contributed by atoms with Crippen molar-refractivity contribution >= 4 is 27.5 Å². The van der Waals surface area contributed by atoms with Crippen LogP contribution in [0, 0.1) is 17.9 Å². The molecule has 0 fully saturated rings. The molecule has 5 heteroatoms. The van der Waals surface area contributed by atoms with Crippen molar-refractivity contribution in [2.45, 2.75) is 66.2 Å². The number of aryl methyl sites for hydroxylation is 2. The van der Waals surface area contributed by atoms with Crippen LogP contribution in [-0.4, -0.2) is 15.9 Å². The summed E-state index contributed by atoms with van der Waals surface area (Å²) in [5.74, 6) is 1.54. The second-order valence-electron chi connectivity index (χ2n) is 12.6. The Balaban J connectivity index is 0.000000252. The van der Waals surface area contributed by atoms with Gasteiger partial charge < -0.3 is 9.52 Å². The molecule has 0 saturated heterocycles. The Morgan fingerprint density at radius 1 is 0.837 bits per heavy atom. The normalized spacial score (nSPS) is 12.3. The van der Waals surface area contributed by atoms with Crippen molar-refractivity contribution in [1.82, 2.24) is 4.98 Å². The minimum absolute atomic E-state index is 0. The quantitative estimate of drug-likeness (QED) is 0.0896. The molecule has 0 spiro atoms. The number of pyridine rings is 1. The van der Waals surface area contributed by atoms with E-state index in [9.17, 15) is 9.90 Å². The average molecular weight is 827 g/mol. The number of carbonyl (C=O) groups excluding carboxylic acids is 1. The van der Waals surface area contributed by atoms with E-state index in [1.807, 2.05) is 40.0 Å². The fourth-order valence-corrected chi connectivity index (χ4v) is 6.98. The molecule has 1 aliphatic carbocycles. The van der Waals surface area contributed by atoms with E-state index in [0.29, 0.717) is 0 Å². The van der Waals surface area contributed by atoms with Gasteiger partial charge in [-0.05, 0) is 55.7 Å². The topological polar surface area (TPSA) is 63.3 Å². The van der Waals surface area contributed by atoms with Crippen LogP contribution in [0.2, 0.25) is 0 Å². The first-order valence-electron chi connectivity index (χ1n) is 17.4. The minimum atomic E-state index is 0. The van der Waals surface area contributed by atoms with Gasteiger partial charge in [-0.1, -0.05) is 117 Å². The summed E-state index contributed by atoms with van der Waals surface area (Å²) in [4.78, 5) is 16.6. The van der Waals surface area contributed by atoms with Gasteiger partial charge in [0.1, 0.15) is 11.3 Å². The van der Waals surface area contributed by atoms with Crippen LogP contribution in [0.4, 0.5) is 0 Å². The smallest absolute Gasteiger partial charge is 0.162 e. The first-order chi connectivity index (χ1) is 23.5. The molecule has 2 aromatic heterocycles. The number of aliphatic hydroxyl groups is 1. The third-order valence-corrected chi connectivity index (χ3v) is 9.80. The van der Waals surface area contributed by atoms with Gasteiger partial charge in [-0.3, -0.25) is 9.78 Å². The maximum Gasteiger partial charge on any atom is 0.162 e. The zero-order valence-electron chi connectivity index (χ0n) is 28.8. The number of aliphatic hydroxyl groups excluding tert-OH is 1. The Kier molecular flexibility index (Phi) is 12.0. The van der Waals surface area contributed by atoms with Crippen molar-refractivity contribution in [3.8, 4) is 33.7 Å². The molecule has 4 nitrogen and oxygen atoms in total. The molecule has 7 rings (SSSR count). The van der Waals surface area contributed by atoms with Gasteiger partial charge in [0.15, 0.2) is 5.78 Å². The predicted octanol–water partition coefficient (Wildman–Crippen LogP) is 11.7. The number of benzene rings is 4. The molecule has 0 aliphatic heterocycles. The van der Waals surface area contributed by atoms with E-state index in [2.05, 4.69) is 91.0 Å². The van der Waals surface area contributed by atoms with Gasteiger partial charge in [-0.15, -0.1) is 23.6 Å². The monoisotopic (exact) mass is 827 g/mol. The van der Waals surface area contributed by atoms with Crippen LogP contribution in [0.5, 0.6) is 0 Å². The largest absolute Gasteiger partial charge is 0.512 e. The van der Waals surface area contributed by atoms with Gasteiger partial charge in [0.25, 0.3) is 0 Å². The Morgan fingerprint density at radius 2 is 1.51 bits per heavy atom. The van der Waals surface area contributed by atoms with E-state index in [4.69, 9.17) is 9.40 Å². The van der Waals surface area contributed by atoms with Gasteiger partial charge in [0.05, 0.1) is 5.76 Å². The number of hydrogen-bond donors (Lipinski definition) is 1. The Labute approximate surface area is 303 Å². The van der Waals surface area contributed by atoms with E-state index in [0.717, 1.165) is 71.9 Å². The van der Waals surface area contributed by atoms with E-state index < -0.39 is 0 Å². The molecule has 6 aromatic rings. The molecule has 1 radical (unpaired) electrons.